The van der Waals surface area contributed by atoms with Crippen molar-refractivity contribution in [3.8, 4) is 0 Å². The van der Waals surface area contributed by atoms with Gasteiger partial charge in [-0.2, -0.15) is 0 Å². The van der Waals surface area contributed by atoms with Crippen molar-refractivity contribution in [3.05, 3.63) is 0 Å². The Kier molecular flexibility index (Phi) is 2.91. The fourth-order valence-corrected chi connectivity index (χ4v) is 8.18. The summed E-state index contributed by atoms with van der Waals surface area (Å²) in [6.45, 7) is 10.5. The van der Waals surface area contributed by atoms with Crippen LogP contribution in [0.3, 0.4) is 0 Å². The molecule has 0 heteroatoms. The summed E-state index contributed by atoms with van der Waals surface area (Å²) < 4.78 is 0. The first kappa shape index (κ1) is 13.6. The van der Waals surface area contributed by atoms with E-state index in [1.165, 1.54) is 25.7 Å². The van der Waals surface area contributed by atoms with E-state index < -0.39 is 0 Å². The van der Waals surface area contributed by atoms with Gasteiger partial charge in [0.25, 0.3) is 0 Å². The second-order valence-corrected chi connectivity index (χ2v) is 9.72. The van der Waals surface area contributed by atoms with E-state index in [2.05, 4.69) is 27.7 Å². The second kappa shape index (κ2) is 4.26. The molecule has 20 heavy (non-hydrogen) atoms. The van der Waals surface area contributed by atoms with Crippen LogP contribution in [-0.2, 0) is 0 Å². The normalized spacial score (nSPS) is 61.8. The first-order valence-electron chi connectivity index (χ1n) is 9.46. The van der Waals surface area contributed by atoms with Crippen molar-refractivity contribution in [2.45, 2.75) is 79.1 Å². The molecule has 0 aliphatic heterocycles. The Morgan fingerprint density at radius 2 is 1.60 bits per heavy atom. The molecule has 0 saturated heterocycles. The molecular formula is C20H34. The first-order valence-corrected chi connectivity index (χ1v) is 9.46. The smallest absolute Gasteiger partial charge is 0.0261 e. The highest BCUT2D eigenvalue weighted by Crippen LogP contribution is 2.68. The number of hydrogen-bond donors (Lipinski definition) is 0. The number of rotatable bonds is 0. The molecule has 0 spiro atoms. The van der Waals surface area contributed by atoms with E-state index >= 15 is 0 Å². The molecule has 4 fully saturated rings. The van der Waals surface area contributed by atoms with Gasteiger partial charge in [0.2, 0.25) is 0 Å². The van der Waals surface area contributed by atoms with Crippen molar-refractivity contribution in [1.29, 1.82) is 0 Å². The monoisotopic (exact) mass is 274 g/mol. The summed E-state index contributed by atoms with van der Waals surface area (Å²) in [5.74, 6) is 6.25. The van der Waals surface area contributed by atoms with Crippen LogP contribution in [0.1, 0.15) is 79.1 Å². The quantitative estimate of drug-likeness (QED) is 0.515. The fourth-order valence-electron chi connectivity index (χ4n) is 8.18. The summed E-state index contributed by atoms with van der Waals surface area (Å²) in [5.41, 5.74) is 1.43. The standard InChI is InChI=1S/C20H34/c1-13-7-11-20(4)17-8-10-19(3)9-5-6-16(19)15(17)12-14(2)18(13)20/h13-18H,5-12H2,1-4H3. The second-order valence-electron chi connectivity index (χ2n) is 9.72. The summed E-state index contributed by atoms with van der Waals surface area (Å²) in [4.78, 5) is 0. The van der Waals surface area contributed by atoms with Crippen LogP contribution >= 0.6 is 0 Å². The van der Waals surface area contributed by atoms with Crippen molar-refractivity contribution in [3.63, 3.8) is 0 Å². The molecule has 4 saturated carbocycles. The van der Waals surface area contributed by atoms with Gasteiger partial charge in [-0.1, -0.05) is 34.1 Å². The Morgan fingerprint density at radius 1 is 0.800 bits per heavy atom. The lowest BCUT2D eigenvalue weighted by Gasteiger charge is -2.59. The average Bonchev–Trinajstić information content (AvgIpc) is 2.91. The Labute approximate surface area is 126 Å². The van der Waals surface area contributed by atoms with Crippen molar-refractivity contribution in [1.82, 2.24) is 0 Å². The van der Waals surface area contributed by atoms with Crippen LogP contribution in [0.5, 0.6) is 0 Å². The molecule has 8 unspecified atom stereocenters. The van der Waals surface area contributed by atoms with Crippen molar-refractivity contribution in [2.75, 3.05) is 0 Å². The van der Waals surface area contributed by atoms with Gasteiger partial charge in [-0.15, -0.1) is 0 Å². The molecule has 114 valence electrons. The minimum absolute atomic E-state index is 0.700. The zero-order chi connectivity index (χ0) is 14.1. The summed E-state index contributed by atoms with van der Waals surface area (Å²) >= 11 is 0. The van der Waals surface area contributed by atoms with Gasteiger partial charge < -0.3 is 0 Å². The van der Waals surface area contributed by atoms with E-state index in [1.807, 2.05) is 0 Å². The van der Waals surface area contributed by atoms with Crippen LogP contribution in [-0.4, -0.2) is 0 Å². The summed E-state index contributed by atoms with van der Waals surface area (Å²) in [7, 11) is 0. The zero-order valence-electron chi connectivity index (χ0n) is 14.1. The highest BCUT2D eigenvalue weighted by Gasteiger charge is 2.60. The molecule has 0 aromatic heterocycles. The Morgan fingerprint density at radius 3 is 2.40 bits per heavy atom. The first-order chi connectivity index (χ1) is 9.46. The van der Waals surface area contributed by atoms with Crippen molar-refractivity contribution in [2.24, 2.45) is 46.3 Å². The van der Waals surface area contributed by atoms with Crippen LogP contribution in [0.2, 0.25) is 0 Å². The molecule has 0 N–H and O–H groups in total. The molecule has 4 aliphatic rings. The molecule has 0 aromatic rings. The molecule has 0 bridgehead atoms. The van der Waals surface area contributed by atoms with Gasteiger partial charge in [0.1, 0.15) is 0 Å². The van der Waals surface area contributed by atoms with Gasteiger partial charge in [-0.05, 0) is 91.3 Å². The molecule has 0 aromatic carbocycles. The highest BCUT2D eigenvalue weighted by atomic mass is 14.7. The van der Waals surface area contributed by atoms with Gasteiger partial charge in [-0.3, -0.25) is 0 Å². The lowest BCUT2D eigenvalue weighted by Crippen LogP contribution is -2.52. The maximum absolute atomic E-state index is 2.70. The van der Waals surface area contributed by atoms with Crippen molar-refractivity contribution < 1.29 is 0 Å². The van der Waals surface area contributed by atoms with Crippen molar-refractivity contribution >= 4 is 0 Å². The number of fused-ring (bicyclic) bond motifs is 5. The zero-order valence-corrected chi connectivity index (χ0v) is 14.1. The van der Waals surface area contributed by atoms with Gasteiger partial charge >= 0.3 is 0 Å². The maximum Gasteiger partial charge on any atom is -0.0261 e. The van der Waals surface area contributed by atoms with E-state index in [0.29, 0.717) is 5.41 Å². The molecule has 0 nitrogen and oxygen atoms in total. The summed E-state index contributed by atoms with van der Waals surface area (Å²) in [6, 6.07) is 0. The SMILES string of the molecule is CC1CCC2(C)C3CCC4(C)CCCC4C3CC(C)C12. The lowest BCUT2D eigenvalue weighted by atomic mass is 9.46. The van der Waals surface area contributed by atoms with Crippen LogP contribution in [0.25, 0.3) is 0 Å². The third-order valence-electron chi connectivity index (χ3n) is 8.84. The van der Waals surface area contributed by atoms with E-state index in [-0.39, 0.29) is 0 Å². The molecule has 4 aliphatic carbocycles. The minimum atomic E-state index is 0.700. The number of hydrogen-bond acceptors (Lipinski definition) is 0. The van der Waals surface area contributed by atoms with E-state index in [1.54, 1.807) is 25.7 Å². The molecular weight excluding hydrogens is 240 g/mol. The average molecular weight is 274 g/mol. The van der Waals surface area contributed by atoms with Crippen LogP contribution in [0, 0.1) is 46.3 Å². The molecule has 4 rings (SSSR count). The van der Waals surface area contributed by atoms with Crippen LogP contribution < -0.4 is 0 Å². The highest BCUT2D eigenvalue weighted by molar-refractivity contribution is 5.09. The van der Waals surface area contributed by atoms with Gasteiger partial charge in [0.15, 0.2) is 0 Å². The Balaban J connectivity index is 1.70. The summed E-state index contributed by atoms with van der Waals surface area (Å²) in [6.07, 6.45) is 12.3. The molecule has 0 radical (unpaired) electrons. The topological polar surface area (TPSA) is 0 Å². The van der Waals surface area contributed by atoms with E-state index in [4.69, 9.17) is 0 Å². The molecule has 0 amide bonds. The summed E-state index contributed by atoms with van der Waals surface area (Å²) in [5, 5.41) is 0. The molecule has 0 heterocycles. The van der Waals surface area contributed by atoms with Crippen LogP contribution in [0.15, 0.2) is 0 Å². The Bertz CT molecular complexity index is 399. The molecule has 8 atom stereocenters. The third kappa shape index (κ3) is 1.60. The minimum Gasteiger partial charge on any atom is -0.0622 e. The van der Waals surface area contributed by atoms with Gasteiger partial charge in [0.05, 0.1) is 0 Å². The predicted octanol–water partition coefficient (Wildman–Crippen LogP) is 5.91. The lowest BCUT2D eigenvalue weighted by molar-refractivity contribution is -0.102. The largest absolute Gasteiger partial charge is 0.0622 e. The Hall–Kier alpha value is 0. The van der Waals surface area contributed by atoms with E-state index in [0.717, 1.165) is 40.9 Å². The van der Waals surface area contributed by atoms with Crippen LogP contribution in [0.4, 0.5) is 0 Å². The predicted molar refractivity (Wildman–Crippen MR) is 85.4 cm³/mol. The maximum atomic E-state index is 2.70. The van der Waals surface area contributed by atoms with Gasteiger partial charge in [-0.25, -0.2) is 0 Å². The van der Waals surface area contributed by atoms with Gasteiger partial charge in [0, 0.05) is 0 Å². The van der Waals surface area contributed by atoms with E-state index in [9.17, 15) is 0 Å². The third-order valence-corrected chi connectivity index (χ3v) is 8.84. The fraction of sp³-hybridized carbons (Fsp3) is 1.00.